The molecule has 2 aliphatic rings. The number of methoxy groups -OCH3 is 1. The van der Waals surface area contributed by atoms with Crippen LogP contribution in [-0.2, 0) is 17.6 Å². The van der Waals surface area contributed by atoms with Crippen LogP contribution in [0.3, 0.4) is 0 Å². The molecule has 168 valence electrons. The number of ketones is 2. The predicted molar refractivity (Wildman–Crippen MR) is 120 cm³/mol. The summed E-state index contributed by atoms with van der Waals surface area (Å²) in [5, 5.41) is 15.0. The fourth-order valence-corrected chi connectivity index (χ4v) is 4.46. The number of hydrogen-bond acceptors (Lipinski definition) is 7. The number of allylic oxidation sites excluding steroid dienone is 2. The summed E-state index contributed by atoms with van der Waals surface area (Å²) in [5.74, 6) is 1.18. The number of aliphatic hydroxyl groups excluding tert-OH is 1. The van der Waals surface area contributed by atoms with Gasteiger partial charge in [0, 0.05) is 38.2 Å². The zero-order valence-corrected chi connectivity index (χ0v) is 18.7. The van der Waals surface area contributed by atoms with Crippen LogP contribution in [0.2, 0.25) is 0 Å². The van der Waals surface area contributed by atoms with Crippen molar-refractivity contribution in [1.82, 2.24) is 5.16 Å². The van der Waals surface area contributed by atoms with Gasteiger partial charge in [0.1, 0.15) is 17.3 Å². The highest BCUT2D eigenvalue weighted by Gasteiger charge is 2.36. The lowest BCUT2D eigenvalue weighted by atomic mass is 9.73. The summed E-state index contributed by atoms with van der Waals surface area (Å²) in [6.45, 7) is 4.04. The van der Waals surface area contributed by atoms with Gasteiger partial charge in [0.05, 0.1) is 35.3 Å². The second kappa shape index (κ2) is 8.73. The third-order valence-electron chi connectivity index (χ3n) is 5.98. The lowest BCUT2D eigenvalue weighted by Crippen LogP contribution is -2.32. The number of fused-ring (bicyclic) bond motifs is 1. The van der Waals surface area contributed by atoms with Crippen molar-refractivity contribution in [3.63, 3.8) is 0 Å². The highest BCUT2D eigenvalue weighted by molar-refractivity contribution is 6.25. The van der Waals surface area contributed by atoms with E-state index < -0.39 is 0 Å². The van der Waals surface area contributed by atoms with E-state index in [-0.39, 0.29) is 34.7 Å². The maximum Gasteiger partial charge on any atom is 0.168 e. The summed E-state index contributed by atoms with van der Waals surface area (Å²) >= 11 is 0. The molecular weight excluding hydrogens is 408 g/mol. The van der Waals surface area contributed by atoms with Crippen molar-refractivity contribution in [1.29, 1.82) is 0 Å². The van der Waals surface area contributed by atoms with Crippen LogP contribution in [0.4, 0.5) is 5.69 Å². The van der Waals surface area contributed by atoms with Gasteiger partial charge in [0.2, 0.25) is 0 Å². The van der Waals surface area contributed by atoms with Crippen molar-refractivity contribution in [2.45, 2.75) is 58.8 Å². The molecule has 4 rings (SSSR count). The average Bonchev–Trinajstić information content (AvgIpc) is 3.15. The number of ether oxygens (including phenoxy) is 1. The summed E-state index contributed by atoms with van der Waals surface area (Å²) in [6, 6.07) is 7.29. The third-order valence-corrected chi connectivity index (χ3v) is 5.98. The molecule has 7 heteroatoms. The van der Waals surface area contributed by atoms with Gasteiger partial charge in [0.15, 0.2) is 11.6 Å². The van der Waals surface area contributed by atoms with E-state index >= 15 is 0 Å². The minimum atomic E-state index is -0.254. The number of aliphatic hydroxyl groups is 1. The second-order valence-electron chi connectivity index (χ2n) is 9.23. The number of nitrogens with zero attached hydrogens (tertiary/aromatic N) is 2. The van der Waals surface area contributed by atoms with Crippen LogP contribution in [0.25, 0.3) is 0 Å². The third kappa shape index (κ3) is 4.52. The average molecular weight is 437 g/mol. The molecule has 0 saturated heterocycles. The van der Waals surface area contributed by atoms with Gasteiger partial charge in [-0.15, -0.1) is 0 Å². The number of aryl methyl sites for hydroxylation is 2. The molecule has 0 unspecified atom stereocenters. The molecule has 2 aromatic rings. The van der Waals surface area contributed by atoms with Gasteiger partial charge in [-0.1, -0.05) is 25.1 Å². The van der Waals surface area contributed by atoms with Gasteiger partial charge < -0.3 is 14.4 Å². The number of hydrogen-bond donors (Lipinski definition) is 1. The van der Waals surface area contributed by atoms with Crippen LogP contribution in [0.5, 0.6) is 5.75 Å². The molecule has 0 spiro atoms. The van der Waals surface area contributed by atoms with Crippen LogP contribution in [0.1, 0.15) is 67.8 Å². The van der Waals surface area contributed by atoms with Gasteiger partial charge in [-0.05, 0) is 30.4 Å². The van der Waals surface area contributed by atoms with Crippen molar-refractivity contribution in [2.75, 3.05) is 7.11 Å². The molecular formula is C25H28N2O5. The Kier molecular flexibility index (Phi) is 6.00. The van der Waals surface area contributed by atoms with Gasteiger partial charge in [-0.3, -0.25) is 14.6 Å². The molecule has 0 radical (unpaired) electrons. The van der Waals surface area contributed by atoms with E-state index in [2.05, 4.69) is 5.16 Å². The number of rotatable bonds is 5. The quantitative estimate of drug-likeness (QED) is 0.516. The van der Waals surface area contributed by atoms with Crippen LogP contribution in [-0.4, -0.2) is 34.7 Å². The molecule has 1 aromatic heterocycles. The Morgan fingerprint density at radius 1 is 1.22 bits per heavy atom. The summed E-state index contributed by atoms with van der Waals surface area (Å²) < 4.78 is 10.6. The molecule has 0 aliphatic heterocycles. The molecule has 1 saturated carbocycles. The Labute approximate surface area is 187 Å². The summed E-state index contributed by atoms with van der Waals surface area (Å²) in [6.07, 6.45) is 3.36. The SMILES string of the molecule is COc1cccc(N=C2CC(C)(C)CC(=O)C2=C(O)CCc2noc3c2C(=O)CCC3)c1. The van der Waals surface area contributed by atoms with E-state index in [4.69, 9.17) is 14.3 Å². The maximum atomic E-state index is 13.0. The number of Topliss-reactive ketones (excluding diaryl/α,β-unsaturated/α-hetero) is 2. The molecule has 32 heavy (non-hydrogen) atoms. The first kappa shape index (κ1) is 22.0. The largest absolute Gasteiger partial charge is 0.511 e. The van der Waals surface area contributed by atoms with Crippen molar-refractivity contribution in [3.05, 3.63) is 52.6 Å². The number of carbonyl (C=O) groups excluding carboxylic acids is 2. The van der Waals surface area contributed by atoms with E-state index in [0.717, 1.165) is 6.42 Å². The highest BCUT2D eigenvalue weighted by atomic mass is 16.5. The Morgan fingerprint density at radius 3 is 2.81 bits per heavy atom. The standard InChI is InChI=1S/C25H28N2O5/c1-25(2)13-18(26-15-6-4-7-16(12-15)31-3)23(21(30)14-25)20(29)11-10-17-24-19(28)8-5-9-22(24)32-27-17/h4,6-7,12,29H,5,8-11,13-14H2,1-3H3. The van der Waals surface area contributed by atoms with E-state index in [0.29, 0.717) is 66.3 Å². The fraction of sp³-hybridized carbons (Fsp3) is 0.440. The van der Waals surface area contributed by atoms with Crippen molar-refractivity contribution in [3.8, 4) is 5.75 Å². The van der Waals surface area contributed by atoms with Crippen LogP contribution in [0, 0.1) is 5.41 Å². The van der Waals surface area contributed by atoms with Gasteiger partial charge in [0.25, 0.3) is 0 Å². The fourth-order valence-electron chi connectivity index (χ4n) is 4.46. The number of aromatic nitrogens is 1. The second-order valence-corrected chi connectivity index (χ2v) is 9.23. The lowest BCUT2D eigenvalue weighted by molar-refractivity contribution is -0.117. The Hall–Kier alpha value is -3.22. The topological polar surface area (TPSA) is 102 Å². The Balaban J connectivity index is 1.65. The smallest absolute Gasteiger partial charge is 0.168 e. The molecule has 1 heterocycles. The molecule has 0 amide bonds. The highest BCUT2D eigenvalue weighted by Crippen LogP contribution is 2.37. The van der Waals surface area contributed by atoms with Crippen molar-refractivity contribution in [2.24, 2.45) is 10.4 Å². The monoisotopic (exact) mass is 436 g/mol. The van der Waals surface area contributed by atoms with Gasteiger partial charge >= 0.3 is 0 Å². The first-order valence-corrected chi connectivity index (χ1v) is 11.0. The molecule has 1 N–H and O–H groups in total. The van der Waals surface area contributed by atoms with E-state index in [1.165, 1.54) is 0 Å². The first-order valence-electron chi connectivity index (χ1n) is 11.0. The molecule has 0 bridgehead atoms. The number of carbonyl (C=O) groups is 2. The Morgan fingerprint density at radius 2 is 2.03 bits per heavy atom. The van der Waals surface area contributed by atoms with Crippen molar-refractivity contribution < 1.29 is 24.0 Å². The van der Waals surface area contributed by atoms with Gasteiger partial charge in [-0.2, -0.15) is 0 Å². The van der Waals surface area contributed by atoms with E-state index in [1.807, 2.05) is 32.0 Å². The van der Waals surface area contributed by atoms with E-state index in [1.54, 1.807) is 13.2 Å². The summed E-state index contributed by atoms with van der Waals surface area (Å²) in [5.41, 5.74) is 2.34. The molecule has 0 atom stereocenters. The predicted octanol–water partition coefficient (Wildman–Crippen LogP) is 5.11. The van der Waals surface area contributed by atoms with Crippen molar-refractivity contribution >= 4 is 23.0 Å². The van der Waals surface area contributed by atoms with Gasteiger partial charge in [-0.25, -0.2) is 0 Å². The molecule has 7 nitrogen and oxygen atoms in total. The molecule has 1 aromatic carbocycles. The maximum absolute atomic E-state index is 13.0. The minimum Gasteiger partial charge on any atom is -0.511 e. The first-order chi connectivity index (χ1) is 15.3. The zero-order chi connectivity index (χ0) is 22.9. The summed E-state index contributed by atoms with van der Waals surface area (Å²) in [7, 11) is 1.59. The summed E-state index contributed by atoms with van der Waals surface area (Å²) in [4.78, 5) is 30.0. The van der Waals surface area contributed by atoms with Crippen LogP contribution < -0.4 is 4.74 Å². The molecule has 2 aliphatic carbocycles. The minimum absolute atomic E-state index is 0.0212. The van der Waals surface area contributed by atoms with Crippen LogP contribution in [0.15, 0.2) is 45.1 Å². The number of benzene rings is 1. The van der Waals surface area contributed by atoms with E-state index in [9.17, 15) is 14.7 Å². The molecule has 1 fully saturated rings. The lowest BCUT2D eigenvalue weighted by Gasteiger charge is -2.31. The normalized spacial score (nSPS) is 20.9. The van der Waals surface area contributed by atoms with Crippen LogP contribution >= 0.6 is 0 Å². The Bertz CT molecular complexity index is 1120. The zero-order valence-electron chi connectivity index (χ0n) is 18.7. The number of aliphatic imine (C=N–C) groups is 1.